The van der Waals surface area contributed by atoms with Crippen LogP contribution in [0.25, 0.3) is 5.69 Å². The molecule has 2 fully saturated rings. The number of nitrogens with one attached hydrogen (secondary N) is 1. The van der Waals surface area contributed by atoms with Crippen LogP contribution in [0.4, 0.5) is 0 Å². The Morgan fingerprint density at radius 3 is 2.65 bits per heavy atom. The summed E-state index contributed by atoms with van der Waals surface area (Å²) in [6.45, 7) is 2.24. The predicted molar refractivity (Wildman–Crippen MR) is 104 cm³/mol. The van der Waals surface area contributed by atoms with E-state index in [2.05, 4.69) is 39.1 Å². The van der Waals surface area contributed by atoms with Gasteiger partial charge in [0.1, 0.15) is 5.82 Å². The lowest BCUT2D eigenvalue weighted by molar-refractivity contribution is -0.119. The zero-order valence-electron chi connectivity index (χ0n) is 15.2. The number of aromatic nitrogens is 3. The Balaban J connectivity index is 1.44. The maximum absolute atomic E-state index is 12.4. The van der Waals surface area contributed by atoms with Gasteiger partial charge in [-0.2, -0.15) is 0 Å². The molecular formula is C20H26N4OS. The maximum Gasteiger partial charge on any atom is 0.230 e. The minimum Gasteiger partial charge on any atom is -0.352 e. The summed E-state index contributed by atoms with van der Waals surface area (Å²) in [5.41, 5.74) is 1.07. The molecule has 1 aromatic heterocycles. The van der Waals surface area contributed by atoms with Crippen molar-refractivity contribution in [2.45, 2.75) is 62.6 Å². The minimum atomic E-state index is 0.101. The Morgan fingerprint density at radius 2 is 1.92 bits per heavy atom. The number of carbonyl (C=O) groups is 1. The Kier molecular flexibility index (Phi) is 5.29. The van der Waals surface area contributed by atoms with E-state index in [1.807, 2.05) is 18.2 Å². The number of benzene rings is 1. The van der Waals surface area contributed by atoms with Crippen molar-refractivity contribution in [3.05, 3.63) is 36.2 Å². The van der Waals surface area contributed by atoms with E-state index in [0.717, 1.165) is 23.1 Å². The molecule has 4 rings (SSSR count). The van der Waals surface area contributed by atoms with E-state index in [-0.39, 0.29) is 5.91 Å². The molecule has 26 heavy (non-hydrogen) atoms. The van der Waals surface area contributed by atoms with Gasteiger partial charge in [-0.15, -0.1) is 10.2 Å². The van der Waals surface area contributed by atoms with Crippen LogP contribution in [0.2, 0.25) is 0 Å². The fourth-order valence-electron chi connectivity index (χ4n) is 3.71. The predicted octanol–water partition coefficient (Wildman–Crippen LogP) is 3.93. The van der Waals surface area contributed by atoms with Crippen molar-refractivity contribution in [2.24, 2.45) is 5.92 Å². The number of para-hydroxylation sites is 1. The van der Waals surface area contributed by atoms with E-state index in [1.165, 1.54) is 43.9 Å². The average molecular weight is 371 g/mol. The Morgan fingerprint density at radius 1 is 1.15 bits per heavy atom. The summed E-state index contributed by atoms with van der Waals surface area (Å²) < 4.78 is 2.12. The van der Waals surface area contributed by atoms with Crippen molar-refractivity contribution >= 4 is 17.7 Å². The van der Waals surface area contributed by atoms with Crippen molar-refractivity contribution in [3.63, 3.8) is 0 Å². The third kappa shape index (κ3) is 3.95. The van der Waals surface area contributed by atoms with Crippen LogP contribution in [-0.2, 0) is 4.79 Å². The summed E-state index contributed by atoms with van der Waals surface area (Å²) >= 11 is 1.48. The van der Waals surface area contributed by atoms with Gasteiger partial charge in [-0.05, 0) is 43.7 Å². The number of thioether (sulfide) groups is 1. The molecule has 138 valence electrons. The highest BCUT2D eigenvalue weighted by Crippen LogP contribution is 2.41. The van der Waals surface area contributed by atoms with Crippen LogP contribution in [-0.4, -0.2) is 32.5 Å². The summed E-state index contributed by atoms with van der Waals surface area (Å²) in [6, 6.07) is 10.5. The van der Waals surface area contributed by atoms with Gasteiger partial charge in [0.05, 0.1) is 5.75 Å². The van der Waals surface area contributed by atoms with Crippen molar-refractivity contribution in [2.75, 3.05) is 5.75 Å². The average Bonchev–Trinajstić information content (AvgIpc) is 3.42. The number of hydrogen-bond acceptors (Lipinski definition) is 4. The Labute approximate surface area is 159 Å². The van der Waals surface area contributed by atoms with E-state index >= 15 is 0 Å². The Bertz CT molecular complexity index is 756. The summed E-state index contributed by atoms with van der Waals surface area (Å²) in [5.74, 6) is 2.60. The Hall–Kier alpha value is -1.82. The van der Waals surface area contributed by atoms with Crippen molar-refractivity contribution in [3.8, 4) is 5.69 Å². The molecule has 5 nitrogen and oxygen atoms in total. The monoisotopic (exact) mass is 370 g/mol. The van der Waals surface area contributed by atoms with E-state index in [0.29, 0.717) is 23.6 Å². The molecule has 2 atom stereocenters. The lowest BCUT2D eigenvalue weighted by Gasteiger charge is -2.29. The number of rotatable bonds is 6. The third-order valence-corrected chi connectivity index (χ3v) is 6.33. The first-order valence-corrected chi connectivity index (χ1v) is 10.6. The fraction of sp³-hybridized carbons (Fsp3) is 0.550. The van der Waals surface area contributed by atoms with E-state index in [4.69, 9.17) is 0 Å². The van der Waals surface area contributed by atoms with E-state index in [9.17, 15) is 4.79 Å². The second-order valence-electron chi connectivity index (χ2n) is 7.51. The van der Waals surface area contributed by atoms with E-state index in [1.54, 1.807) is 0 Å². The molecule has 2 aliphatic carbocycles. The van der Waals surface area contributed by atoms with Gasteiger partial charge in [0.15, 0.2) is 5.16 Å². The molecule has 0 aliphatic heterocycles. The number of nitrogens with zero attached hydrogens (tertiary/aromatic N) is 3. The highest BCUT2D eigenvalue weighted by Gasteiger charge is 2.31. The van der Waals surface area contributed by atoms with Gasteiger partial charge in [-0.25, -0.2) is 0 Å². The molecule has 0 radical (unpaired) electrons. The van der Waals surface area contributed by atoms with Gasteiger partial charge in [0.2, 0.25) is 5.91 Å². The zero-order chi connectivity index (χ0) is 17.9. The maximum atomic E-state index is 12.4. The van der Waals surface area contributed by atoms with Crippen LogP contribution in [0.5, 0.6) is 0 Å². The fourth-order valence-corrected chi connectivity index (χ4v) is 4.48. The number of amides is 1. The van der Waals surface area contributed by atoms with Gasteiger partial charge in [0.25, 0.3) is 0 Å². The van der Waals surface area contributed by atoms with Crippen LogP contribution < -0.4 is 5.32 Å². The van der Waals surface area contributed by atoms with Gasteiger partial charge in [-0.1, -0.05) is 49.7 Å². The molecule has 0 unspecified atom stereocenters. The zero-order valence-corrected chi connectivity index (χ0v) is 16.0. The van der Waals surface area contributed by atoms with Crippen molar-refractivity contribution < 1.29 is 4.79 Å². The second kappa shape index (κ2) is 7.82. The number of carbonyl (C=O) groups excluding carboxylic acids is 1. The quantitative estimate of drug-likeness (QED) is 0.783. The molecule has 2 aliphatic rings. The van der Waals surface area contributed by atoms with Gasteiger partial charge >= 0.3 is 0 Å². The summed E-state index contributed by atoms with van der Waals surface area (Å²) in [6.07, 6.45) is 7.17. The molecule has 2 aromatic rings. The minimum absolute atomic E-state index is 0.101. The van der Waals surface area contributed by atoms with Crippen molar-refractivity contribution in [1.29, 1.82) is 0 Å². The largest absolute Gasteiger partial charge is 0.352 e. The first-order valence-electron chi connectivity index (χ1n) is 9.65. The third-order valence-electron chi connectivity index (χ3n) is 5.41. The number of hydrogen-bond donors (Lipinski definition) is 1. The molecule has 1 N–H and O–H groups in total. The first kappa shape index (κ1) is 17.6. The van der Waals surface area contributed by atoms with Crippen LogP contribution in [0.15, 0.2) is 35.5 Å². The summed E-state index contributed by atoms with van der Waals surface area (Å²) in [7, 11) is 0. The lowest BCUT2D eigenvalue weighted by atomic mass is 9.86. The van der Waals surface area contributed by atoms with Crippen LogP contribution in [0.3, 0.4) is 0 Å². The first-order chi connectivity index (χ1) is 12.7. The molecular weight excluding hydrogens is 344 g/mol. The standard InChI is InChI=1S/C20H26N4OS/c1-14-7-5-6-10-17(14)21-18(25)13-26-20-23-22-19(15-11-12-15)24(20)16-8-3-2-4-9-16/h2-4,8-9,14-15,17H,5-7,10-13H2,1H3,(H,21,25)/t14-,17+/m0/s1. The molecule has 0 saturated heterocycles. The van der Waals surface area contributed by atoms with Crippen LogP contribution in [0, 0.1) is 5.92 Å². The summed E-state index contributed by atoms with van der Waals surface area (Å²) in [5, 5.41) is 12.8. The van der Waals surface area contributed by atoms with Crippen LogP contribution >= 0.6 is 11.8 Å². The normalized spacial score (nSPS) is 23.0. The molecule has 1 heterocycles. The highest BCUT2D eigenvalue weighted by molar-refractivity contribution is 7.99. The molecule has 1 aromatic carbocycles. The second-order valence-corrected chi connectivity index (χ2v) is 8.45. The molecule has 1 amide bonds. The van der Waals surface area contributed by atoms with Gasteiger partial charge in [0, 0.05) is 17.6 Å². The molecule has 0 spiro atoms. The van der Waals surface area contributed by atoms with Crippen molar-refractivity contribution in [1.82, 2.24) is 20.1 Å². The SMILES string of the molecule is C[C@H]1CCCC[C@H]1NC(=O)CSc1nnc(C2CC2)n1-c1ccccc1. The van der Waals surface area contributed by atoms with Crippen LogP contribution in [0.1, 0.15) is 57.2 Å². The van der Waals surface area contributed by atoms with E-state index < -0.39 is 0 Å². The smallest absolute Gasteiger partial charge is 0.230 e. The van der Waals surface area contributed by atoms with Gasteiger partial charge < -0.3 is 5.32 Å². The molecule has 6 heteroatoms. The van der Waals surface area contributed by atoms with Gasteiger partial charge in [-0.3, -0.25) is 9.36 Å². The molecule has 2 saturated carbocycles. The lowest BCUT2D eigenvalue weighted by Crippen LogP contribution is -2.41. The summed E-state index contributed by atoms with van der Waals surface area (Å²) in [4.78, 5) is 12.4. The topological polar surface area (TPSA) is 59.8 Å². The molecule has 0 bridgehead atoms. The highest BCUT2D eigenvalue weighted by atomic mass is 32.2.